The average molecular weight is 1080 g/mol. The van der Waals surface area contributed by atoms with E-state index in [-0.39, 0.29) is 31.1 Å². The molecule has 1 unspecified atom stereocenters. The van der Waals surface area contributed by atoms with Crippen LogP contribution in [0.15, 0.2) is 60.8 Å². The maximum Gasteiger partial charge on any atom is 0.306 e. The van der Waals surface area contributed by atoms with Crippen LogP contribution < -0.4 is 0 Å². The molecule has 6 nitrogen and oxygen atoms in total. The molecule has 0 aromatic carbocycles. The predicted octanol–water partition coefficient (Wildman–Crippen LogP) is 23.1. The van der Waals surface area contributed by atoms with E-state index in [4.69, 9.17) is 14.2 Å². The molecule has 0 bridgehead atoms. The molecule has 0 rings (SSSR count). The molecule has 0 saturated heterocycles. The molecule has 0 N–H and O–H groups in total. The lowest BCUT2D eigenvalue weighted by molar-refractivity contribution is -0.167. The van der Waals surface area contributed by atoms with Gasteiger partial charge in [0.05, 0.1) is 0 Å². The van der Waals surface area contributed by atoms with Crippen LogP contribution in [0, 0.1) is 0 Å². The van der Waals surface area contributed by atoms with Crippen LogP contribution in [0.3, 0.4) is 0 Å². The first-order chi connectivity index (χ1) is 38.0. The van der Waals surface area contributed by atoms with E-state index in [1.807, 2.05) is 0 Å². The zero-order valence-corrected chi connectivity index (χ0v) is 51.5. The first-order valence-corrected chi connectivity index (χ1v) is 33.8. The minimum absolute atomic E-state index is 0.0776. The molecule has 0 aliphatic carbocycles. The van der Waals surface area contributed by atoms with Gasteiger partial charge < -0.3 is 14.2 Å². The van der Waals surface area contributed by atoms with Gasteiger partial charge in [-0.25, -0.2) is 0 Å². The fourth-order valence-corrected chi connectivity index (χ4v) is 9.85. The Hall–Kier alpha value is -2.89. The van der Waals surface area contributed by atoms with E-state index < -0.39 is 6.10 Å². The van der Waals surface area contributed by atoms with Crippen molar-refractivity contribution in [3.63, 3.8) is 0 Å². The molecule has 0 heterocycles. The summed E-state index contributed by atoms with van der Waals surface area (Å²) in [6.45, 7) is 6.64. The van der Waals surface area contributed by atoms with Crippen molar-refractivity contribution in [1.29, 1.82) is 0 Å². The highest BCUT2D eigenvalue weighted by Crippen LogP contribution is 2.17. The fourth-order valence-electron chi connectivity index (χ4n) is 9.85. The van der Waals surface area contributed by atoms with E-state index in [9.17, 15) is 14.4 Å². The summed E-state index contributed by atoms with van der Waals surface area (Å²) in [6, 6.07) is 0. The molecule has 0 fully saturated rings. The second-order valence-corrected chi connectivity index (χ2v) is 22.7. The molecule has 77 heavy (non-hydrogen) atoms. The van der Waals surface area contributed by atoms with Crippen LogP contribution in [-0.4, -0.2) is 37.2 Å². The van der Waals surface area contributed by atoms with Gasteiger partial charge in [0.1, 0.15) is 13.2 Å². The van der Waals surface area contributed by atoms with E-state index in [0.717, 1.165) is 83.5 Å². The van der Waals surface area contributed by atoms with Gasteiger partial charge in [0.15, 0.2) is 6.10 Å². The Morgan fingerprint density at radius 3 is 0.753 bits per heavy atom. The molecule has 0 radical (unpaired) electrons. The van der Waals surface area contributed by atoms with Gasteiger partial charge in [-0.15, -0.1) is 0 Å². The van der Waals surface area contributed by atoms with E-state index in [0.29, 0.717) is 19.3 Å². The Morgan fingerprint density at radius 2 is 0.468 bits per heavy atom. The highest BCUT2D eigenvalue weighted by Gasteiger charge is 2.19. The topological polar surface area (TPSA) is 78.9 Å². The van der Waals surface area contributed by atoms with Crippen molar-refractivity contribution in [2.75, 3.05) is 13.2 Å². The highest BCUT2D eigenvalue weighted by atomic mass is 16.6. The minimum Gasteiger partial charge on any atom is -0.462 e. The van der Waals surface area contributed by atoms with Crippen LogP contribution >= 0.6 is 0 Å². The normalized spacial score (nSPS) is 12.4. The van der Waals surface area contributed by atoms with Crippen molar-refractivity contribution in [2.24, 2.45) is 0 Å². The molecular formula is C71H128O6. The van der Waals surface area contributed by atoms with Crippen molar-refractivity contribution in [3.8, 4) is 0 Å². The van der Waals surface area contributed by atoms with Gasteiger partial charge in [-0.3, -0.25) is 14.4 Å². The van der Waals surface area contributed by atoms with Crippen LogP contribution in [0.1, 0.15) is 355 Å². The average Bonchev–Trinajstić information content (AvgIpc) is 3.43. The lowest BCUT2D eigenvalue weighted by atomic mass is 10.0. The summed E-state index contributed by atoms with van der Waals surface area (Å²) in [5.41, 5.74) is 0. The number of hydrogen-bond acceptors (Lipinski definition) is 6. The summed E-state index contributed by atoms with van der Waals surface area (Å²) in [6.07, 6.45) is 83.7. The van der Waals surface area contributed by atoms with Gasteiger partial charge in [0, 0.05) is 19.3 Å². The summed E-state index contributed by atoms with van der Waals surface area (Å²) in [5, 5.41) is 0. The number of carbonyl (C=O) groups excluding carboxylic acids is 3. The summed E-state index contributed by atoms with van der Waals surface area (Å²) in [7, 11) is 0. The van der Waals surface area contributed by atoms with Gasteiger partial charge >= 0.3 is 17.9 Å². The Bertz CT molecular complexity index is 1380. The van der Waals surface area contributed by atoms with Gasteiger partial charge in [-0.2, -0.15) is 0 Å². The second-order valence-electron chi connectivity index (χ2n) is 22.7. The summed E-state index contributed by atoms with van der Waals surface area (Å²) in [5.74, 6) is -0.875. The summed E-state index contributed by atoms with van der Waals surface area (Å²) < 4.78 is 17.0. The van der Waals surface area contributed by atoms with E-state index in [2.05, 4.69) is 81.5 Å². The molecule has 1 atom stereocenters. The van der Waals surface area contributed by atoms with Crippen molar-refractivity contribution in [1.82, 2.24) is 0 Å². The van der Waals surface area contributed by atoms with Gasteiger partial charge in [0.2, 0.25) is 0 Å². The molecule has 0 amide bonds. The zero-order chi connectivity index (χ0) is 55.7. The van der Waals surface area contributed by atoms with Crippen molar-refractivity contribution in [3.05, 3.63) is 60.8 Å². The lowest BCUT2D eigenvalue weighted by Crippen LogP contribution is -2.30. The second kappa shape index (κ2) is 65.6. The van der Waals surface area contributed by atoms with E-state index in [1.165, 1.54) is 231 Å². The molecule has 0 aromatic rings. The summed E-state index contributed by atoms with van der Waals surface area (Å²) in [4.78, 5) is 38.4. The number of allylic oxidation sites excluding steroid dienone is 10. The van der Waals surface area contributed by atoms with Crippen LogP contribution in [0.25, 0.3) is 0 Å². The standard InChI is InChI=1S/C71H128O6/c1-4-7-10-13-16-19-22-25-28-30-32-33-34-35-36-37-39-40-43-46-49-52-55-58-61-64-70(73)76-67-68(66-75-69(72)63-60-57-54-51-48-45-42-27-24-21-18-15-12-9-6-3)77-71(74)65-62-59-56-53-50-47-44-41-38-31-29-26-23-20-17-14-11-8-5-2/h18,21-22,25-27,29-30,32,42,68H,4-17,19-20,23-24,28,31,33-41,43-67H2,1-3H3/b21-18-,25-22-,29-26-,32-30-,42-27-. The quantitative estimate of drug-likeness (QED) is 0.0261. The third-order valence-electron chi connectivity index (χ3n) is 15.0. The van der Waals surface area contributed by atoms with Crippen LogP contribution in [0.4, 0.5) is 0 Å². The van der Waals surface area contributed by atoms with Gasteiger partial charge in [0.25, 0.3) is 0 Å². The number of ether oxygens (including phenoxy) is 3. The van der Waals surface area contributed by atoms with Crippen LogP contribution in [0.5, 0.6) is 0 Å². The van der Waals surface area contributed by atoms with Crippen molar-refractivity contribution >= 4 is 17.9 Å². The molecule has 6 heteroatoms. The lowest BCUT2D eigenvalue weighted by Gasteiger charge is -2.18. The molecular weight excluding hydrogens is 949 g/mol. The first kappa shape index (κ1) is 74.1. The SMILES string of the molecule is CCCCC/C=C\C/C=C\CCCCCCCC(=O)OCC(COC(=O)CCCCCCCCCCCCCCC/C=C\C/C=C\CCCCCCC)OC(=O)CCCCCCCCCCC/C=C\CCCCCCCC. The maximum absolute atomic E-state index is 12.9. The Labute approximate surface area is 479 Å². The zero-order valence-electron chi connectivity index (χ0n) is 51.5. The first-order valence-electron chi connectivity index (χ1n) is 33.8. The predicted molar refractivity (Wildman–Crippen MR) is 335 cm³/mol. The number of hydrogen-bond donors (Lipinski definition) is 0. The third-order valence-corrected chi connectivity index (χ3v) is 15.0. The monoisotopic (exact) mass is 1080 g/mol. The number of unbranched alkanes of at least 4 members (excludes halogenated alkanes) is 41. The number of rotatable bonds is 62. The van der Waals surface area contributed by atoms with Crippen LogP contribution in [0.2, 0.25) is 0 Å². The molecule has 0 aromatic heterocycles. The van der Waals surface area contributed by atoms with Crippen molar-refractivity contribution < 1.29 is 28.6 Å². The number of esters is 3. The molecule has 0 aliphatic heterocycles. The minimum atomic E-state index is -0.782. The van der Waals surface area contributed by atoms with Crippen LogP contribution in [-0.2, 0) is 28.6 Å². The van der Waals surface area contributed by atoms with E-state index in [1.54, 1.807) is 0 Å². The maximum atomic E-state index is 12.9. The molecule has 0 aliphatic rings. The van der Waals surface area contributed by atoms with E-state index >= 15 is 0 Å². The van der Waals surface area contributed by atoms with Gasteiger partial charge in [-0.05, 0) is 109 Å². The Kier molecular flexibility index (Phi) is 63.2. The Morgan fingerprint density at radius 1 is 0.260 bits per heavy atom. The highest BCUT2D eigenvalue weighted by molar-refractivity contribution is 5.71. The van der Waals surface area contributed by atoms with Crippen molar-refractivity contribution in [2.45, 2.75) is 361 Å². The molecule has 0 spiro atoms. The summed E-state index contributed by atoms with van der Waals surface area (Å²) >= 11 is 0. The smallest absolute Gasteiger partial charge is 0.306 e. The molecule has 448 valence electrons. The molecule has 0 saturated carbocycles. The number of carbonyl (C=O) groups is 3. The third kappa shape index (κ3) is 63.8. The fraction of sp³-hybridized carbons (Fsp3) is 0.817. The largest absolute Gasteiger partial charge is 0.462 e. The van der Waals surface area contributed by atoms with Gasteiger partial charge in [-0.1, -0.05) is 287 Å². The Balaban J connectivity index is 4.31.